The molecule has 3 heterocycles. The molecule has 3 aromatic rings. The summed E-state index contributed by atoms with van der Waals surface area (Å²) in [7, 11) is 0. The van der Waals surface area contributed by atoms with Gasteiger partial charge in [0.2, 0.25) is 0 Å². The van der Waals surface area contributed by atoms with Crippen LogP contribution in [0.4, 0.5) is 22.0 Å². The number of pyridine rings is 2. The van der Waals surface area contributed by atoms with Gasteiger partial charge in [0.25, 0.3) is 11.8 Å². The van der Waals surface area contributed by atoms with Crippen LogP contribution in [0, 0.1) is 0 Å². The first kappa shape index (κ1) is 21.1. The van der Waals surface area contributed by atoms with Crippen molar-refractivity contribution in [3.63, 3.8) is 0 Å². The molecule has 1 aromatic carbocycles. The van der Waals surface area contributed by atoms with Gasteiger partial charge in [-0.05, 0) is 29.8 Å². The Balaban J connectivity index is 1.54. The van der Waals surface area contributed by atoms with Gasteiger partial charge in [-0.25, -0.2) is 8.78 Å². The van der Waals surface area contributed by atoms with Gasteiger partial charge in [0.05, 0.1) is 24.6 Å². The van der Waals surface area contributed by atoms with E-state index in [0.29, 0.717) is 22.0 Å². The first-order chi connectivity index (χ1) is 14.6. The number of alkyl halides is 5. The van der Waals surface area contributed by atoms with Crippen LogP contribution in [0.3, 0.4) is 0 Å². The number of rotatable bonds is 5. The summed E-state index contributed by atoms with van der Waals surface area (Å²) in [5, 5.41) is 3.34. The van der Waals surface area contributed by atoms with E-state index in [2.05, 4.69) is 15.3 Å². The Morgan fingerprint density at radius 1 is 1.10 bits per heavy atom. The zero-order chi connectivity index (χ0) is 22.2. The Kier molecular flexibility index (Phi) is 5.34. The van der Waals surface area contributed by atoms with Gasteiger partial charge in [-0.1, -0.05) is 18.2 Å². The number of hydrogen-bond donors (Lipinski definition) is 1. The van der Waals surface area contributed by atoms with Crippen molar-refractivity contribution in [2.24, 2.45) is 0 Å². The van der Waals surface area contributed by atoms with Crippen molar-refractivity contribution in [1.82, 2.24) is 20.2 Å². The molecule has 1 unspecified atom stereocenters. The van der Waals surface area contributed by atoms with Crippen molar-refractivity contribution >= 4 is 16.8 Å². The van der Waals surface area contributed by atoms with Crippen molar-refractivity contribution < 1.29 is 26.7 Å². The van der Waals surface area contributed by atoms with Gasteiger partial charge in [0.15, 0.2) is 0 Å². The molecule has 1 saturated heterocycles. The molecule has 10 heteroatoms. The number of hydrogen-bond acceptors (Lipinski definition) is 4. The monoisotopic (exact) mass is 436 g/mol. The highest BCUT2D eigenvalue weighted by Gasteiger charge is 2.47. The predicted molar refractivity (Wildman–Crippen MR) is 103 cm³/mol. The molecule has 0 aliphatic carbocycles. The zero-order valence-corrected chi connectivity index (χ0v) is 16.0. The van der Waals surface area contributed by atoms with E-state index in [1.807, 2.05) is 0 Å². The highest BCUT2D eigenvalue weighted by Crippen LogP contribution is 2.35. The molecular formula is C21H17F5N4O. The van der Waals surface area contributed by atoms with E-state index in [0.717, 1.165) is 12.3 Å². The molecule has 5 nitrogen and oxygen atoms in total. The number of carbonyl (C=O) groups is 1. The molecule has 162 valence electrons. The number of carbonyl (C=O) groups excluding carboxylic acids is 1. The smallest absolute Gasteiger partial charge is 0.350 e. The van der Waals surface area contributed by atoms with Crippen LogP contribution >= 0.6 is 0 Å². The van der Waals surface area contributed by atoms with Gasteiger partial charge in [-0.15, -0.1) is 0 Å². The second-order valence-electron chi connectivity index (χ2n) is 7.34. The normalized spacial score (nSPS) is 17.2. The minimum Gasteiger partial charge on any atom is -0.350 e. The topological polar surface area (TPSA) is 58.1 Å². The Morgan fingerprint density at radius 3 is 2.52 bits per heavy atom. The van der Waals surface area contributed by atoms with Crippen LogP contribution in [0.25, 0.3) is 10.9 Å². The molecular weight excluding hydrogens is 419 g/mol. The molecule has 31 heavy (non-hydrogen) atoms. The maximum absolute atomic E-state index is 13.4. The van der Waals surface area contributed by atoms with Crippen LogP contribution < -0.4 is 5.32 Å². The zero-order valence-electron chi connectivity index (χ0n) is 16.0. The van der Waals surface area contributed by atoms with Gasteiger partial charge >= 0.3 is 6.18 Å². The Morgan fingerprint density at radius 2 is 1.87 bits per heavy atom. The average molecular weight is 436 g/mol. The second-order valence-corrected chi connectivity index (χ2v) is 7.34. The van der Waals surface area contributed by atoms with E-state index >= 15 is 0 Å². The molecule has 1 fully saturated rings. The summed E-state index contributed by atoms with van der Waals surface area (Å²) < 4.78 is 65.2. The van der Waals surface area contributed by atoms with E-state index in [9.17, 15) is 26.7 Å². The molecule has 1 aliphatic heterocycles. The Bertz CT molecular complexity index is 1090. The number of halogens is 5. The SMILES string of the molecule is O=C(NCC(c1ccc(C(F)(F)F)nc1)N1CC(F)(F)C1)c1cccc2ncccc12. The van der Waals surface area contributed by atoms with Crippen LogP contribution in [-0.2, 0) is 6.18 Å². The van der Waals surface area contributed by atoms with Crippen molar-refractivity contribution in [1.29, 1.82) is 0 Å². The molecule has 1 N–H and O–H groups in total. The van der Waals surface area contributed by atoms with Crippen molar-refractivity contribution in [2.45, 2.75) is 18.1 Å². The highest BCUT2D eigenvalue weighted by molar-refractivity contribution is 6.06. The molecule has 1 aliphatic rings. The number of fused-ring (bicyclic) bond motifs is 1. The molecule has 0 saturated carbocycles. The number of amides is 1. The molecule has 0 bridgehead atoms. The third kappa shape index (κ3) is 4.48. The summed E-state index contributed by atoms with van der Waals surface area (Å²) in [5.74, 6) is -3.31. The van der Waals surface area contributed by atoms with E-state index in [1.165, 1.54) is 11.0 Å². The van der Waals surface area contributed by atoms with Crippen LogP contribution in [0.15, 0.2) is 54.9 Å². The first-order valence-electron chi connectivity index (χ1n) is 9.41. The van der Waals surface area contributed by atoms with Gasteiger partial charge in [-0.2, -0.15) is 13.2 Å². The average Bonchev–Trinajstić information content (AvgIpc) is 2.71. The minimum absolute atomic E-state index is 0.0708. The van der Waals surface area contributed by atoms with Crippen molar-refractivity contribution in [2.75, 3.05) is 19.6 Å². The first-order valence-corrected chi connectivity index (χ1v) is 9.41. The number of aromatic nitrogens is 2. The van der Waals surface area contributed by atoms with Crippen molar-refractivity contribution in [3.05, 3.63) is 71.7 Å². The maximum Gasteiger partial charge on any atom is 0.433 e. The summed E-state index contributed by atoms with van der Waals surface area (Å²) in [5.41, 5.74) is 0.226. The molecule has 2 aromatic heterocycles. The second kappa shape index (κ2) is 7.84. The van der Waals surface area contributed by atoms with Crippen LogP contribution in [0.2, 0.25) is 0 Å². The number of nitrogens with one attached hydrogen (secondary N) is 1. The third-order valence-electron chi connectivity index (χ3n) is 5.12. The number of likely N-dealkylation sites (tertiary alicyclic amines) is 1. The largest absolute Gasteiger partial charge is 0.433 e. The maximum atomic E-state index is 13.4. The minimum atomic E-state index is -4.60. The Labute approximate surface area is 173 Å². The number of nitrogens with zero attached hydrogens (tertiary/aromatic N) is 3. The summed E-state index contributed by atoms with van der Waals surface area (Å²) in [4.78, 5) is 21.8. The summed E-state index contributed by atoms with van der Waals surface area (Å²) in [6, 6.07) is 9.74. The van der Waals surface area contributed by atoms with E-state index in [-0.39, 0.29) is 6.54 Å². The quantitative estimate of drug-likeness (QED) is 0.613. The summed E-state index contributed by atoms with van der Waals surface area (Å²) >= 11 is 0. The lowest BCUT2D eigenvalue weighted by Crippen LogP contribution is -2.58. The third-order valence-corrected chi connectivity index (χ3v) is 5.12. The fourth-order valence-corrected chi connectivity index (χ4v) is 3.58. The lowest BCUT2D eigenvalue weighted by atomic mass is 10.0. The summed E-state index contributed by atoms with van der Waals surface area (Å²) in [6.45, 7) is -1.17. The molecule has 0 spiro atoms. The molecule has 1 atom stereocenters. The van der Waals surface area contributed by atoms with Crippen LogP contribution in [-0.4, -0.2) is 46.3 Å². The molecule has 0 radical (unpaired) electrons. The van der Waals surface area contributed by atoms with Gasteiger partial charge in [0, 0.05) is 29.9 Å². The van der Waals surface area contributed by atoms with E-state index in [4.69, 9.17) is 0 Å². The van der Waals surface area contributed by atoms with Gasteiger partial charge < -0.3 is 5.32 Å². The summed E-state index contributed by atoms with van der Waals surface area (Å²) in [6.07, 6.45) is -1.99. The van der Waals surface area contributed by atoms with E-state index < -0.39 is 42.8 Å². The van der Waals surface area contributed by atoms with E-state index in [1.54, 1.807) is 36.5 Å². The standard InChI is InChI=1S/C21H17F5N4O/c22-20(23)11-30(12-20)17(13-6-7-18(28-9-13)21(24,25)26)10-29-19(31)15-3-1-5-16-14(15)4-2-8-27-16/h1-9,17H,10-12H2,(H,29,31). The fraction of sp³-hybridized carbons (Fsp3) is 0.286. The molecule has 1 amide bonds. The van der Waals surface area contributed by atoms with Crippen molar-refractivity contribution in [3.8, 4) is 0 Å². The Hall–Kier alpha value is -3.14. The van der Waals surface area contributed by atoms with Crippen LogP contribution in [0.5, 0.6) is 0 Å². The fourth-order valence-electron chi connectivity index (χ4n) is 3.58. The lowest BCUT2D eigenvalue weighted by Gasteiger charge is -2.44. The molecule has 4 rings (SSSR count). The highest BCUT2D eigenvalue weighted by atomic mass is 19.4. The lowest BCUT2D eigenvalue weighted by molar-refractivity contribution is -0.146. The van der Waals surface area contributed by atoms with Crippen LogP contribution in [0.1, 0.15) is 27.7 Å². The number of benzene rings is 1. The van der Waals surface area contributed by atoms with Gasteiger partial charge in [-0.3, -0.25) is 19.7 Å². The van der Waals surface area contributed by atoms with Gasteiger partial charge in [0.1, 0.15) is 5.69 Å². The predicted octanol–water partition coefficient (Wildman–Crippen LogP) is 4.07.